The summed E-state index contributed by atoms with van der Waals surface area (Å²) in [5.74, 6) is 0.0309. The minimum atomic E-state index is -0.764. The van der Waals surface area contributed by atoms with Crippen molar-refractivity contribution >= 4 is 17.8 Å². The van der Waals surface area contributed by atoms with Crippen molar-refractivity contribution in [1.82, 2.24) is 20.2 Å². The van der Waals surface area contributed by atoms with E-state index in [9.17, 15) is 14.7 Å². The standard InChI is InChI=1S/C13H19N5O3/c1-8(19)16-10-6-18(7-11(10)20)12(21)9-4-14-13(15-5-9)17(2)3/h4-5,10-11,20H,6-7H2,1-3H3,(H,16,19)/t10-,11-/m1/s1. The molecule has 2 rings (SSSR count). The molecule has 1 aromatic heterocycles. The zero-order chi connectivity index (χ0) is 15.6. The van der Waals surface area contributed by atoms with Crippen molar-refractivity contribution in [2.75, 3.05) is 32.1 Å². The van der Waals surface area contributed by atoms with Gasteiger partial charge in [0.05, 0.1) is 17.7 Å². The topological polar surface area (TPSA) is 98.7 Å². The normalized spacial score (nSPS) is 21.2. The molecule has 21 heavy (non-hydrogen) atoms. The second-order valence-electron chi connectivity index (χ2n) is 5.25. The number of nitrogens with zero attached hydrogens (tertiary/aromatic N) is 4. The summed E-state index contributed by atoms with van der Waals surface area (Å²) in [5, 5.41) is 12.5. The second-order valence-corrected chi connectivity index (χ2v) is 5.25. The largest absolute Gasteiger partial charge is 0.389 e. The summed E-state index contributed by atoms with van der Waals surface area (Å²) < 4.78 is 0. The first-order valence-electron chi connectivity index (χ1n) is 6.62. The summed E-state index contributed by atoms with van der Waals surface area (Å²) >= 11 is 0. The van der Waals surface area contributed by atoms with E-state index in [0.717, 1.165) is 0 Å². The van der Waals surface area contributed by atoms with E-state index >= 15 is 0 Å². The number of aromatic nitrogens is 2. The van der Waals surface area contributed by atoms with Gasteiger partial charge < -0.3 is 20.2 Å². The maximum absolute atomic E-state index is 12.3. The van der Waals surface area contributed by atoms with Crippen LogP contribution in [-0.2, 0) is 4.79 Å². The van der Waals surface area contributed by atoms with Gasteiger partial charge in [0, 0.05) is 46.5 Å². The smallest absolute Gasteiger partial charge is 0.257 e. The van der Waals surface area contributed by atoms with Crippen molar-refractivity contribution in [2.24, 2.45) is 0 Å². The van der Waals surface area contributed by atoms with Gasteiger partial charge in [0.25, 0.3) is 5.91 Å². The van der Waals surface area contributed by atoms with Crippen molar-refractivity contribution in [3.05, 3.63) is 18.0 Å². The Balaban J connectivity index is 2.05. The third-order valence-corrected chi connectivity index (χ3v) is 3.25. The van der Waals surface area contributed by atoms with Crippen LogP contribution in [0.15, 0.2) is 12.4 Å². The Kier molecular flexibility index (Phi) is 4.37. The monoisotopic (exact) mass is 293 g/mol. The first-order chi connectivity index (χ1) is 9.88. The van der Waals surface area contributed by atoms with Gasteiger partial charge in [-0.15, -0.1) is 0 Å². The number of β-amino-alcohol motifs (C(OH)–C–C–N with tert-alkyl or cyclic N) is 1. The fourth-order valence-electron chi connectivity index (χ4n) is 2.20. The van der Waals surface area contributed by atoms with Crippen LogP contribution in [0.25, 0.3) is 0 Å². The lowest BCUT2D eigenvalue weighted by atomic mass is 10.2. The Morgan fingerprint density at radius 1 is 1.33 bits per heavy atom. The minimum Gasteiger partial charge on any atom is -0.389 e. The van der Waals surface area contributed by atoms with Gasteiger partial charge in [-0.05, 0) is 0 Å². The fraction of sp³-hybridized carbons (Fsp3) is 0.538. The van der Waals surface area contributed by atoms with Crippen LogP contribution in [0.5, 0.6) is 0 Å². The average molecular weight is 293 g/mol. The second kappa shape index (κ2) is 6.04. The Labute approximate surface area is 122 Å². The first kappa shape index (κ1) is 15.2. The molecule has 0 saturated carbocycles. The van der Waals surface area contributed by atoms with Gasteiger partial charge in [0.1, 0.15) is 0 Å². The Morgan fingerprint density at radius 2 is 1.95 bits per heavy atom. The number of hydrogen-bond donors (Lipinski definition) is 2. The van der Waals surface area contributed by atoms with Crippen LogP contribution in [0.4, 0.5) is 5.95 Å². The molecule has 2 heterocycles. The summed E-state index contributed by atoms with van der Waals surface area (Å²) in [4.78, 5) is 34.8. The van der Waals surface area contributed by atoms with Crippen LogP contribution in [0, 0.1) is 0 Å². The molecule has 8 heteroatoms. The maximum Gasteiger partial charge on any atom is 0.257 e. The molecule has 0 radical (unpaired) electrons. The van der Waals surface area contributed by atoms with Gasteiger partial charge in [-0.25, -0.2) is 9.97 Å². The molecule has 2 amide bonds. The highest BCUT2D eigenvalue weighted by Crippen LogP contribution is 2.14. The molecule has 0 aliphatic carbocycles. The quantitative estimate of drug-likeness (QED) is 0.731. The third kappa shape index (κ3) is 3.46. The van der Waals surface area contributed by atoms with E-state index in [2.05, 4.69) is 15.3 Å². The molecule has 1 saturated heterocycles. The molecule has 0 spiro atoms. The van der Waals surface area contributed by atoms with Crippen LogP contribution in [0.1, 0.15) is 17.3 Å². The highest BCUT2D eigenvalue weighted by atomic mass is 16.3. The lowest BCUT2D eigenvalue weighted by Crippen LogP contribution is -2.41. The van der Waals surface area contributed by atoms with Crippen molar-refractivity contribution in [1.29, 1.82) is 0 Å². The first-order valence-corrected chi connectivity index (χ1v) is 6.62. The van der Waals surface area contributed by atoms with Crippen molar-refractivity contribution in [2.45, 2.75) is 19.1 Å². The number of carbonyl (C=O) groups excluding carboxylic acids is 2. The van der Waals surface area contributed by atoms with Gasteiger partial charge in [0.15, 0.2) is 0 Å². The Bertz CT molecular complexity index is 531. The van der Waals surface area contributed by atoms with E-state index in [4.69, 9.17) is 0 Å². The van der Waals surface area contributed by atoms with E-state index in [1.54, 1.807) is 4.90 Å². The summed E-state index contributed by atoms with van der Waals surface area (Å²) in [6.45, 7) is 1.83. The van der Waals surface area contributed by atoms with E-state index in [1.807, 2.05) is 14.1 Å². The highest BCUT2D eigenvalue weighted by Gasteiger charge is 2.35. The number of aliphatic hydroxyl groups excluding tert-OH is 1. The van der Waals surface area contributed by atoms with E-state index < -0.39 is 12.1 Å². The number of anilines is 1. The summed E-state index contributed by atoms with van der Waals surface area (Å²) in [7, 11) is 3.62. The molecule has 0 bridgehead atoms. The summed E-state index contributed by atoms with van der Waals surface area (Å²) in [5.41, 5.74) is 0.358. The van der Waals surface area contributed by atoms with E-state index in [0.29, 0.717) is 11.5 Å². The number of aliphatic hydroxyl groups is 1. The maximum atomic E-state index is 12.3. The van der Waals surface area contributed by atoms with Crippen LogP contribution in [-0.4, -0.2) is 71.1 Å². The van der Waals surface area contributed by atoms with Gasteiger partial charge in [-0.3, -0.25) is 9.59 Å². The zero-order valence-electron chi connectivity index (χ0n) is 12.3. The number of amides is 2. The van der Waals surface area contributed by atoms with Crippen LogP contribution in [0.3, 0.4) is 0 Å². The molecule has 0 aromatic carbocycles. The molecular weight excluding hydrogens is 274 g/mol. The molecule has 114 valence electrons. The molecule has 1 fully saturated rings. The molecule has 8 nitrogen and oxygen atoms in total. The average Bonchev–Trinajstić information content (AvgIpc) is 2.78. The Hall–Kier alpha value is -2.22. The molecular formula is C13H19N5O3. The predicted octanol–water partition coefficient (Wildman–Crippen LogP) is -1.14. The van der Waals surface area contributed by atoms with Crippen molar-refractivity contribution in [3.8, 4) is 0 Å². The summed E-state index contributed by atoms with van der Waals surface area (Å²) in [6, 6.07) is -0.437. The van der Waals surface area contributed by atoms with Crippen molar-refractivity contribution < 1.29 is 14.7 Å². The molecule has 1 aliphatic rings. The zero-order valence-corrected chi connectivity index (χ0v) is 12.3. The van der Waals surface area contributed by atoms with Crippen molar-refractivity contribution in [3.63, 3.8) is 0 Å². The number of nitrogens with one attached hydrogen (secondary N) is 1. The number of likely N-dealkylation sites (tertiary alicyclic amines) is 1. The lowest BCUT2D eigenvalue weighted by molar-refractivity contribution is -0.120. The molecule has 1 aliphatic heterocycles. The molecule has 2 atom stereocenters. The molecule has 1 aromatic rings. The SMILES string of the molecule is CC(=O)N[C@@H]1CN(C(=O)c2cnc(N(C)C)nc2)C[C@H]1O. The minimum absolute atomic E-state index is 0.180. The number of rotatable bonds is 3. The highest BCUT2D eigenvalue weighted by molar-refractivity contribution is 5.94. The van der Waals surface area contributed by atoms with Gasteiger partial charge in [-0.1, -0.05) is 0 Å². The number of hydrogen-bond acceptors (Lipinski definition) is 6. The number of carbonyl (C=O) groups is 2. The Morgan fingerprint density at radius 3 is 2.48 bits per heavy atom. The fourth-order valence-corrected chi connectivity index (χ4v) is 2.20. The van der Waals surface area contributed by atoms with Crippen LogP contribution >= 0.6 is 0 Å². The van der Waals surface area contributed by atoms with Gasteiger partial charge in [0.2, 0.25) is 11.9 Å². The van der Waals surface area contributed by atoms with Gasteiger partial charge >= 0.3 is 0 Å². The predicted molar refractivity (Wildman–Crippen MR) is 75.9 cm³/mol. The summed E-state index contributed by atoms with van der Waals surface area (Å²) in [6.07, 6.45) is 2.16. The lowest BCUT2D eigenvalue weighted by Gasteiger charge is -2.16. The van der Waals surface area contributed by atoms with E-state index in [-0.39, 0.29) is 24.9 Å². The van der Waals surface area contributed by atoms with Crippen LogP contribution in [0.2, 0.25) is 0 Å². The van der Waals surface area contributed by atoms with E-state index in [1.165, 1.54) is 24.2 Å². The van der Waals surface area contributed by atoms with Gasteiger partial charge in [-0.2, -0.15) is 0 Å². The molecule has 2 N–H and O–H groups in total. The molecule has 0 unspecified atom stereocenters. The third-order valence-electron chi connectivity index (χ3n) is 3.25. The van der Waals surface area contributed by atoms with Crippen LogP contribution < -0.4 is 10.2 Å².